The maximum Gasteiger partial charge on any atom is 0.0483 e. The molecule has 1 atom stereocenters. The molecule has 0 spiro atoms. The minimum Gasteiger partial charge on any atom is -0.346 e. The highest BCUT2D eigenvalue weighted by Gasteiger charge is 2.16. The van der Waals surface area contributed by atoms with Crippen LogP contribution in [0, 0.1) is 6.92 Å². The first-order chi connectivity index (χ1) is 8.77. The fourth-order valence-electron chi connectivity index (χ4n) is 2.82. The zero-order valence-electron chi connectivity index (χ0n) is 11.1. The molecule has 1 saturated heterocycles. The third kappa shape index (κ3) is 2.06. The van der Waals surface area contributed by atoms with Crippen molar-refractivity contribution in [3.8, 4) is 0 Å². The number of benzene rings is 1. The van der Waals surface area contributed by atoms with Gasteiger partial charge in [0.2, 0.25) is 0 Å². The van der Waals surface area contributed by atoms with Gasteiger partial charge in [0.05, 0.1) is 0 Å². The summed E-state index contributed by atoms with van der Waals surface area (Å²) in [5, 5.41) is 5.09. The van der Waals surface area contributed by atoms with E-state index in [1.807, 2.05) is 0 Å². The lowest BCUT2D eigenvalue weighted by Crippen LogP contribution is -2.29. The maximum atomic E-state index is 3.70. The summed E-state index contributed by atoms with van der Waals surface area (Å²) in [6.45, 7) is 3.23. The number of aryl methyl sites for hydroxylation is 2. The van der Waals surface area contributed by atoms with Crippen LogP contribution in [0.5, 0.6) is 0 Å². The van der Waals surface area contributed by atoms with Crippen LogP contribution in [0.15, 0.2) is 24.3 Å². The van der Waals surface area contributed by atoms with E-state index >= 15 is 0 Å². The fourth-order valence-corrected chi connectivity index (χ4v) is 4.01. The number of rotatable bonds is 3. The van der Waals surface area contributed by atoms with Crippen molar-refractivity contribution in [1.29, 1.82) is 0 Å². The van der Waals surface area contributed by atoms with Crippen molar-refractivity contribution in [2.24, 2.45) is 7.05 Å². The number of thioether (sulfide) groups is 1. The lowest BCUT2D eigenvalue weighted by Gasteiger charge is -2.12. The fraction of sp³-hybridized carbons (Fsp3) is 0.467. The molecular weight excluding hydrogens is 240 g/mol. The molecule has 1 unspecified atom stereocenters. The van der Waals surface area contributed by atoms with Gasteiger partial charge in [-0.25, -0.2) is 0 Å². The van der Waals surface area contributed by atoms with E-state index in [2.05, 4.69) is 59.9 Å². The summed E-state index contributed by atoms with van der Waals surface area (Å²) in [5.41, 5.74) is 4.19. The Balaban J connectivity index is 1.86. The van der Waals surface area contributed by atoms with Crippen molar-refractivity contribution in [3.05, 3.63) is 35.5 Å². The molecule has 0 radical (unpaired) electrons. The van der Waals surface area contributed by atoms with Gasteiger partial charge in [-0.15, -0.1) is 0 Å². The number of nitrogens with one attached hydrogen (secondary N) is 1. The molecule has 0 bridgehead atoms. The largest absolute Gasteiger partial charge is 0.346 e. The minimum atomic E-state index is 0.701. The molecule has 2 aromatic rings. The lowest BCUT2D eigenvalue weighted by atomic mass is 10.1. The number of aromatic nitrogens is 1. The number of para-hydroxylation sites is 1. The summed E-state index contributed by atoms with van der Waals surface area (Å²) < 4.78 is 2.33. The molecule has 1 fully saturated rings. The highest BCUT2D eigenvalue weighted by molar-refractivity contribution is 7.99. The number of fused-ring (bicyclic) bond motifs is 1. The van der Waals surface area contributed by atoms with Crippen LogP contribution in [-0.2, 0) is 13.6 Å². The zero-order chi connectivity index (χ0) is 12.5. The molecule has 2 nitrogen and oxygen atoms in total. The van der Waals surface area contributed by atoms with Gasteiger partial charge in [0.25, 0.3) is 0 Å². The molecule has 3 heteroatoms. The predicted molar refractivity (Wildman–Crippen MR) is 80.2 cm³/mol. The molecule has 96 valence electrons. The van der Waals surface area contributed by atoms with Gasteiger partial charge in [-0.05, 0) is 30.7 Å². The van der Waals surface area contributed by atoms with Gasteiger partial charge >= 0.3 is 0 Å². The quantitative estimate of drug-likeness (QED) is 0.913. The van der Waals surface area contributed by atoms with E-state index in [0.29, 0.717) is 6.04 Å². The molecule has 0 amide bonds. The Morgan fingerprint density at radius 2 is 2.22 bits per heavy atom. The number of nitrogens with zero attached hydrogens (tertiary/aromatic N) is 1. The predicted octanol–water partition coefficient (Wildman–Crippen LogP) is 3.08. The topological polar surface area (TPSA) is 17.0 Å². The van der Waals surface area contributed by atoms with Gasteiger partial charge < -0.3 is 9.88 Å². The van der Waals surface area contributed by atoms with Crippen LogP contribution in [0.2, 0.25) is 0 Å². The van der Waals surface area contributed by atoms with Gasteiger partial charge in [0.1, 0.15) is 0 Å². The van der Waals surface area contributed by atoms with Crippen LogP contribution in [0.4, 0.5) is 0 Å². The Morgan fingerprint density at radius 3 is 2.94 bits per heavy atom. The van der Waals surface area contributed by atoms with E-state index in [-0.39, 0.29) is 0 Å². The van der Waals surface area contributed by atoms with Gasteiger partial charge in [-0.2, -0.15) is 11.8 Å². The molecule has 1 aliphatic rings. The Morgan fingerprint density at radius 1 is 1.39 bits per heavy atom. The molecule has 1 N–H and O–H groups in total. The van der Waals surface area contributed by atoms with Crippen molar-refractivity contribution < 1.29 is 0 Å². The molecule has 0 aliphatic carbocycles. The summed E-state index contributed by atoms with van der Waals surface area (Å²) in [7, 11) is 2.18. The van der Waals surface area contributed by atoms with E-state index < -0.39 is 0 Å². The Bertz CT molecular complexity index is 514. The molecule has 18 heavy (non-hydrogen) atoms. The summed E-state index contributed by atoms with van der Waals surface area (Å²) >= 11 is 2.06. The second-order valence-electron chi connectivity index (χ2n) is 5.09. The normalized spacial score (nSPS) is 19.8. The zero-order valence-corrected chi connectivity index (χ0v) is 11.9. The van der Waals surface area contributed by atoms with Crippen molar-refractivity contribution >= 4 is 22.7 Å². The van der Waals surface area contributed by atoms with E-state index in [1.54, 1.807) is 0 Å². The van der Waals surface area contributed by atoms with Crippen molar-refractivity contribution in [1.82, 2.24) is 9.88 Å². The first kappa shape index (κ1) is 12.1. The van der Waals surface area contributed by atoms with Gasteiger partial charge in [0, 0.05) is 42.0 Å². The van der Waals surface area contributed by atoms with Crippen LogP contribution in [0.25, 0.3) is 10.9 Å². The van der Waals surface area contributed by atoms with Gasteiger partial charge in [-0.1, -0.05) is 18.2 Å². The second kappa shape index (κ2) is 4.98. The van der Waals surface area contributed by atoms with E-state index in [9.17, 15) is 0 Å². The summed E-state index contributed by atoms with van der Waals surface area (Å²) in [6, 6.07) is 9.37. The molecule has 0 saturated carbocycles. The molecule has 1 aromatic carbocycles. The van der Waals surface area contributed by atoms with Crippen molar-refractivity contribution in [2.45, 2.75) is 25.9 Å². The molecular formula is C15H20N2S. The maximum absolute atomic E-state index is 3.70. The van der Waals surface area contributed by atoms with Gasteiger partial charge in [-0.3, -0.25) is 0 Å². The van der Waals surface area contributed by atoms with Gasteiger partial charge in [0.15, 0.2) is 0 Å². The third-order valence-electron chi connectivity index (χ3n) is 4.00. The van der Waals surface area contributed by atoms with Crippen LogP contribution in [-0.4, -0.2) is 22.1 Å². The van der Waals surface area contributed by atoms with E-state index in [4.69, 9.17) is 0 Å². The highest BCUT2D eigenvalue weighted by atomic mass is 32.2. The SMILES string of the molecule is Cc1c(CNC2CCSC2)n(C)c2ccccc12. The van der Waals surface area contributed by atoms with Crippen molar-refractivity contribution in [2.75, 3.05) is 11.5 Å². The minimum absolute atomic E-state index is 0.701. The van der Waals surface area contributed by atoms with Crippen LogP contribution in [0.3, 0.4) is 0 Å². The average molecular weight is 260 g/mol. The van der Waals surface area contributed by atoms with E-state index in [1.165, 1.54) is 40.1 Å². The molecule has 3 rings (SSSR count). The number of hydrogen-bond acceptors (Lipinski definition) is 2. The summed E-state index contributed by atoms with van der Waals surface area (Å²) in [5.74, 6) is 2.58. The van der Waals surface area contributed by atoms with Crippen LogP contribution < -0.4 is 5.32 Å². The monoisotopic (exact) mass is 260 g/mol. The lowest BCUT2D eigenvalue weighted by molar-refractivity contribution is 0.544. The smallest absolute Gasteiger partial charge is 0.0483 e. The molecule has 1 aromatic heterocycles. The first-order valence-corrected chi connectivity index (χ1v) is 7.77. The molecule has 2 heterocycles. The standard InChI is InChI=1S/C15H20N2S/c1-11-13-5-3-4-6-14(13)17(2)15(11)9-16-12-7-8-18-10-12/h3-6,12,16H,7-10H2,1-2H3. The summed E-state index contributed by atoms with van der Waals surface area (Å²) in [4.78, 5) is 0. The van der Waals surface area contributed by atoms with Crippen LogP contribution >= 0.6 is 11.8 Å². The summed E-state index contributed by atoms with van der Waals surface area (Å²) in [6.07, 6.45) is 1.31. The Kier molecular flexibility index (Phi) is 3.35. The van der Waals surface area contributed by atoms with Crippen molar-refractivity contribution in [3.63, 3.8) is 0 Å². The Hall–Kier alpha value is -0.930. The third-order valence-corrected chi connectivity index (χ3v) is 5.16. The Labute approximate surface area is 113 Å². The number of hydrogen-bond donors (Lipinski definition) is 1. The van der Waals surface area contributed by atoms with E-state index in [0.717, 1.165) is 6.54 Å². The molecule has 1 aliphatic heterocycles. The first-order valence-electron chi connectivity index (χ1n) is 6.61. The second-order valence-corrected chi connectivity index (χ2v) is 6.24. The average Bonchev–Trinajstić information content (AvgIpc) is 2.98. The highest BCUT2D eigenvalue weighted by Crippen LogP contribution is 2.25. The van der Waals surface area contributed by atoms with Crippen LogP contribution in [0.1, 0.15) is 17.7 Å².